The zero-order valence-electron chi connectivity index (χ0n) is 6.68. The molecule has 1 heterocycles. The van der Waals surface area contributed by atoms with Crippen molar-refractivity contribution < 1.29 is 4.39 Å². The maximum absolute atomic E-state index is 13.4. The van der Waals surface area contributed by atoms with Crippen LogP contribution in [0.3, 0.4) is 0 Å². The molecule has 2 N–H and O–H groups in total. The fraction of sp³-hybridized carbons (Fsp3) is 0.111. The normalized spacial score (nSPS) is 10.9. The van der Waals surface area contributed by atoms with Crippen LogP contribution in [0, 0.1) is 5.82 Å². The van der Waals surface area contributed by atoms with Crippen molar-refractivity contribution in [2.75, 3.05) is 5.73 Å². The molecule has 0 aliphatic heterocycles. The van der Waals surface area contributed by atoms with Gasteiger partial charge in [-0.1, -0.05) is 15.9 Å². The number of thiophene rings is 1. The molecule has 1 aromatic carbocycles. The maximum Gasteiger partial charge on any atom is 0.134 e. The van der Waals surface area contributed by atoms with Crippen molar-refractivity contribution in [1.82, 2.24) is 0 Å². The van der Waals surface area contributed by atoms with Crippen molar-refractivity contribution in [2.24, 2.45) is 0 Å². The highest BCUT2D eigenvalue weighted by atomic mass is 79.9. The largest absolute Gasteiger partial charge is 0.399 e. The van der Waals surface area contributed by atoms with E-state index >= 15 is 0 Å². The van der Waals surface area contributed by atoms with Gasteiger partial charge in [-0.2, -0.15) is 0 Å². The first-order valence-electron chi connectivity index (χ1n) is 3.73. The summed E-state index contributed by atoms with van der Waals surface area (Å²) in [5.74, 6) is -0.231. The van der Waals surface area contributed by atoms with Gasteiger partial charge in [-0.05, 0) is 23.1 Å². The number of benzene rings is 1. The summed E-state index contributed by atoms with van der Waals surface area (Å²) in [4.78, 5) is 0. The number of fused-ring (bicyclic) bond motifs is 1. The van der Waals surface area contributed by atoms with Crippen molar-refractivity contribution in [1.29, 1.82) is 0 Å². The molecule has 68 valence electrons. The summed E-state index contributed by atoms with van der Waals surface area (Å²) in [6, 6.07) is 3.16. The van der Waals surface area contributed by atoms with Gasteiger partial charge >= 0.3 is 0 Å². The van der Waals surface area contributed by atoms with Crippen LogP contribution in [0.15, 0.2) is 17.5 Å². The van der Waals surface area contributed by atoms with Gasteiger partial charge < -0.3 is 5.73 Å². The molecule has 0 aliphatic carbocycles. The Bertz CT molecular complexity index is 452. The summed E-state index contributed by atoms with van der Waals surface area (Å²) in [6.07, 6.45) is 0. The van der Waals surface area contributed by atoms with Crippen LogP contribution in [0.2, 0.25) is 0 Å². The molecular formula is C9H7BrFNS. The Kier molecular flexibility index (Phi) is 2.26. The molecule has 0 atom stereocenters. The first-order chi connectivity index (χ1) is 6.22. The molecule has 4 heteroatoms. The highest BCUT2D eigenvalue weighted by molar-refractivity contribution is 9.08. The fourth-order valence-electron chi connectivity index (χ4n) is 1.30. The van der Waals surface area contributed by atoms with E-state index in [1.807, 2.05) is 5.38 Å². The molecule has 1 nitrogen and oxygen atoms in total. The van der Waals surface area contributed by atoms with Gasteiger partial charge in [0.1, 0.15) is 5.82 Å². The van der Waals surface area contributed by atoms with Gasteiger partial charge in [0.05, 0.1) is 0 Å². The van der Waals surface area contributed by atoms with Crippen LogP contribution in [0.1, 0.15) is 5.56 Å². The molecule has 0 amide bonds. The van der Waals surface area contributed by atoms with Crippen molar-refractivity contribution >= 4 is 43.0 Å². The molecule has 0 saturated heterocycles. The smallest absolute Gasteiger partial charge is 0.134 e. The molecule has 2 rings (SSSR count). The van der Waals surface area contributed by atoms with E-state index in [0.717, 1.165) is 10.3 Å². The van der Waals surface area contributed by atoms with Gasteiger partial charge in [0.15, 0.2) is 0 Å². The topological polar surface area (TPSA) is 26.0 Å². The van der Waals surface area contributed by atoms with Crippen molar-refractivity contribution in [2.45, 2.75) is 5.33 Å². The zero-order valence-corrected chi connectivity index (χ0v) is 9.08. The minimum absolute atomic E-state index is 0.231. The molecule has 0 saturated carbocycles. The summed E-state index contributed by atoms with van der Waals surface area (Å²) in [5.41, 5.74) is 6.99. The molecule has 13 heavy (non-hydrogen) atoms. The van der Waals surface area contributed by atoms with Gasteiger partial charge in [0.25, 0.3) is 0 Å². The zero-order chi connectivity index (χ0) is 9.42. The Balaban J connectivity index is 2.82. The number of nitrogen functional groups attached to an aromatic ring is 1. The molecule has 1 aromatic heterocycles. The summed E-state index contributed by atoms with van der Waals surface area (Å²) >= 11 is 4.84. The molecular weight excluding hydrogens is 253 g/mol. The van der Waals surface area contributed by atoms with Gasteiger partial charge in [-0.25, -0.2) is 4.39 Å². The second kappa shape index (κ2) is 3.27. The molecule has 0 aliphatic rings. The predicted molar refractivity (Wildman–Crippen MR) is 58.8 cm³/mol. The lowest BCUT2D eigenvalue weighted by Gasteiger charge is -1.97. The highest BCUT2D eigenvalue weighted by Crippen LogP contribution is 2.31. The Morgan fingerprint density at radius 1 is 1.46 bits per heavy atom. The van der Waals surface area contributed by atoms with Gasteiger partial charge in [0.2, 0.25) is 0 Å². The number of rotatable bonds is 1. The Morgan fingerprint density at radius 3 is 2.92 bits per heavy atom. The van der Waals surface area contributed by atoms with Crippen molar-refractivity contribution in [3.8, 4) is 0 Å². The van der Waals surface area contributed by atoms with Crippen LogP contribution >= 0.6 is 27.3 Å². The Hall–Kier alpha value is -0.610. The van der Waals surface area contributed by atoms with Crippen LogP contribution in [0.25, 0.3) is 10.1 Å². The third-order valence-electron chi connectivity index (χ3n) is 1.87. The quantitative estimate of drug-likeness (QED) is 0.616. The molecule has 0 unspecified atom stereocenters. The van der Waals surface area contributed by atoms with Crippen LogP contribution in [0.4, 0.5) is 10.1 Å². The lowest BCUT2D eigenvalue weighted by Crippen LogP contribution is -1.87. The monoisotopic (exact) mass is 259 g/mol. The SMILES string of the molecule is Nc1cc(F)c2c(CBr)csc2c1. The summed E-state index contributed by atoms with van der Waals surface area (Å²) in [7, 11) is 0. The van der Waals surface area contributed by atoms with E-state index in [4.69, 9.17) is 5.73 Å². The maximum atomic E-state index is 13.4. The Labute approximate surface area is 87.5 Å². The minimum Gasteiger partial charge on any atom is -0.399 e. The number of halogens is 2. The first-order valence-corrected chi connectivity index (χ1v) is 5.73. The van der Waals surface area contributed by atoms with Crippen LogP contribution in [-0.2, 0) is 5.33 Å². The minimum atomic E-state index is -0.231. The number of alkyl halides is 1. The van der Waals surface area contributed by atoms with Crippen molar-refractivity contribution in [3.63, 3.8) is 0 Å². The van der Waals surface area contributed by atoms with E-state index in [2.05, 4.69) is 15.9 Å². The van der Waals surface area contributed by atoms with E-state index in [9.17, 15) is 4.39 Å². The second-order valence-corrected chi connectivity index (χ2v) is 4.24. The average Bonchev–Trinajstić information content (AvgIpc) is 2.47. The lowest BCUT2D eigenvalue weighted by atomic mass is 10.2. The van der Waals surface area contributed by atoms with E-state index in [-0.39, 0.29) is 5.82 Å². The lowest BCUT2D eigenvalue weighted by molar-refractivity contribution is 0.640. The predicted octanol–water partition coefficient (Wildman–Crippen LogP) is 3.52. The molecule has 2 aromatic rings. The third-order valence-corrected chi connectivity index (χ3v) is 3.45. The molecule has 0 radical (unpaired) electrons. The first kappa shape index (κ1) is 8.97. The van der Waals surface area contributed by atoms with E-state index in [1.165, 1.54) is 17.4 Å². The molecule has 0 fully saturated rings. The van der Waals surface area contributed by atoms with Gasteiger partial charge in [-0.3, -0.25) is 0 Å². The average molecular weight is 260 g/mol. The number of anilines is 1. The van der Waals surface area contributed by atoms with Crippen LogP contribution in [0.5, 0.6) is 0 Å². The third kappa shape index (κ3) is 1.44. The standard InChI is InChI=1S/C9H7BrFNS/c10-3-5-4-13-8-2-6(12)1-7(11)9(5)8/h1-2,4H,3,12H2. The van der Waals surface area contributed by atoms with E-state index < -0.39 is 0 Å². The Morgan fingerprint density at radius 2 is 2.23 bits per heavy atom. The number of hydrogen-bond acceptors (Lipinski definition) is 2. The van der Waals surface area contributed by atoms with Gasteiger partial charge in [-0.15, -0.1) is 11.3 Å². The second-order valence-electron chi connectivity index (χ2n) is 2.77. The summed E-state index contributed by atoms with van der Waals surface area (Å²) in [5, 5.41) is 3.31. The number of hydrogen-bond donors (Lipinski definition) is 1. The number of nitrogens with two attached hydrogens (primary N) is 1. The van der Waals surface area contributed by atoms with Crippen LogP contribution < -0.4 is 5.73 Å². The molecule has 0 bridgehead atoms. The summed E-state index contributed by atoms with van der Waals surface area (Å²) < 4.78 is 14.3. The van der Waals surface area contributed by atoms with Gasteiger partial charge in [0, 0.05) is 21.1 Å². The molecule has 0 spiro atoms. The van der Waals surface area contributed by atoms with Crippen LogP contribution in [-0.4, -0.2) is 0 Å². The fourth-order valence-corrected chi connectivity index (χ4v) is 2.98. The summed E-state index contributed by atoms with van der Waals surface area (Å²) in [6.45, 7) is 0. The van der Waals surface area contributed by atoms with E-state index in [1.54, 1.807) is 6.07 Å². The van der Waals surface area contributed by atoms with E-state index in [0.29, 0.717) is 16.4 Å². The highest BCUT2D eigenvalue weighted by Gasteiger charge is 2.08. The van der Waals surface area contributed by atoms with Crippen molar-refractivity contribution in [3.05, 3.63) is 28.9 Å².